The maximum atomic E-state index is 13.5. The summed E-state index contributed by atoms with van der Waals surface area (Å²) < 4.78 is 31.9. The molecule has 0 aromatic heterocycles. The van der Waals surface area contributed by atoms with Gasteiger partial charge in [0.2, 0.25) is 0 Å². The lowest BCUT2D eigenvalue weighted by Gasteiger charge is -2.11. The summed E-state index contributed by atoms with van der Waals surface area (Å²) in [6.45, 7) is -0.172. The topological polar surface area (TPSA) is 70.6 Å². The van der Waals surface area contributed by atoms with Gasteiger partial charge in [0.15, 0.2) is 0 Å². The largest absolute Gasteiger partial charge is 0.496 e. The number of halogens is 2. The molecular weight excluding hydrogens is 318 g/mol. The Hall–Kier alpha value is -2.67. The molecule has 0 aliphatic heterocycles. The van der Waals surface area contributed by atoms with E-state index in [9.17, 15) is 13.6 Å². The highest BCUT2D eigenvalue weighted by Gasteiger charge is 2.08. The number of hydrogen-bond acceptors (Lipinski definition) is 3. The minimum absolute atomic E-state index is 0.0879. The number of aliphatic hydroxyl groups excluding tert-OH is 1. The lowest BCUT2D eigenvalue weighted by molar-refractivity contribution is 0.240. The van der Waals surface area contributed by atoms with Gasteiger partial charge in [-0.25, -0.2) is 13.6 Å². The molecule has 0 fully saturated rings. The normalized spacial score (nSPS) is 10.3. The van der Waals surface area contributed by atoms with E-state index in [0.29, 0.717) is 16.9 Å². The van der Waals surface area contributed by atoms with Crippen LogP contribution in [-0.2, 0) is 19.7 Å². The van der Waals surface area contributed by atoms with Gasteiger partial charge in [-0.3, -0.25) is 0 Å². The Morgan fingerprint density at radius 3 is 2.50 bits per heavy atom. The van der Waals surface area contributed by atoms with E-state index < -0.39 is 17.7 Å². The summed E-state index contributed by atoms with van der Waals surface area (Å²) in [5, 5.41) is 14.1. The molecular formula is C17H18F2N2O3. The predicted molar refractivity (Wildman–Crippen MR) is 84.4 cm³/mol. The van der Waals surface area contributed by atoms with Crippen molar-refractivity contribution < 1.29 is 23.4 Å². The van der Waals surface area contributed by atoms with Gasteiger partial charge in [0, 0.05) is 24.2 Å². The Kier molecular flexibility index (Phi) is 6.08. The van der Waals surface area contributed by atoms with Crippen molar-refractivity contribution in [1.82, 2.24) is 10.6 Å². The second-order valence-electron chi connectivity index (χ2n) is 5.08. The van der Waals surface area contributed by atoms with Crippen molar-refractivity contribution in [2.75, 3.05) is 7.11 Å². The van der Waals surface area contributed by atoms with Crippen molar-refractivity contribution in [1.29, 1.82) is 0 Å². The molecule has 0 aliphatic rings. The Morgan fingerprint density at radius 1 is 1.08 bits per heavy atom. The van der Waals surface area contributed by atoms with Crippen molar-refractivity contribution >= 4 is 6.03 Å². The van der Waals surface area contributed by atoms with E-state index in [2.05, 4.69) is 10.6 Å². The van der Waals surface area contributed by atoms with Crippen LogP contribution in [0.3, 0.4) is 0 Å². The van der Waals surface area contributed by atoms with Gasteiger partial charge in [-0.05, 0) is 29.8 Å². The van der Waals surface area contributed by atoms with Crippen LogP contribution < -0.4 is 15.4 Å². The molecule has 3 N–H and O–H groups in total. The van der Waals surface area contributed by atoms with Gasteiger partial charge in [-0.2, -0.15) is 0 Å². The average Bonchev–Trinajstić information content (AvgIpc) is 2.58. The number of urea groups is 1. The molecule has 0 bridgehead atoms. The van der Waals surface area contributed by atoms with Gasteiger partial charge in [0.25, 0.3) is 0 Å². The molecule has 0 aliphatic carbocycles. The van der Waals surface area contributed by atoms with Crippen LogP contribution in [0.25, 0.3) is 0 Å². The van der Waals surface area contributed by atoms with E-state index in [0.717, 1.165) is 0 Å². The van der Waals surface area contributed by atoms with Crippen LogP contribution in [0, 0.1) is 11.6 Å². The lowest BCUT2D eigenvalue weighted by Crippen LogP contribution is -2.34. The minimum Gasteiger partial charge on any atom is -0.496 e. The number of hydrogen-bond donors (Lipinski definition) is 3. The number of rotatable bonds is 6. The van der Waals surface area contributed by atoms with Crippen molar-refractivity contribution in [2.45, 2.75) is 19.7 Å². The third-order valence-corrected chi connectivity index (χ3v) is 3.42. The number of nitrogens with one attached hydrogen (secondary N) is 2. The van der Waals surface area contributed by atoms with Crippen LogP contribution in [0.15, 0.2) is 36.4 Å². The lowest BCUT2D eigenvalue weighted by atomic mass is 10.1. The molecule has 0 saturated carbocycles. The quantitative estimate of drug-likeness (QED) is 0.759. The van der Waals surface area contributed by atoms with Crippen molar-refractivity contribution in [3.8, 4) is 5.75 Å². The van der Waals surface area contributed by atoms with Crippen LogP contribution in [0.5, 0.6) is 5.75 Å². The Labute approximate surface area is 138 Å². The molecule has 0 heterocycles. The molecule has 24 heavy (non-hydrogen) atoms. The number of carbonyl (C=O) groups excluding carboxylic acids is 1. The smallest absolute Gasteiger partial charge is 0.315 e. The summed E-state index contributed by atoms with van der Waals surface area (Å²) in [5.74, 6) is -0.479. The SMILES string of the molecule is COc1ccc(F)cc1CNC(=O)NCc1ccc(CO)c(F)c1. The predicted octanol–water partition coefficient (Wildman–Crippen LogP) is 2.47. The van der Waals surface area contributed by atoms with Gasteiger partial charge < -0.3 is 20.5 Å². The van der Waals surface area contributed by atoms with Crippen LogP contribution in [0.4, 0.5) is 13.6 Å². The number of carbonyl (C=O) groups is 1. The summed E-state index contributed by atoms with van der Waals surface area (Å²) in [6, 6.07) is 7.88. The van der Waals surface area contributed by atoms with Crippen LogP contribution >= 0.6 is 0 Å². The second kappa shape index (κ2) is 8.26. The van der Waals surface area contributed by atoms with Gasteiger partial charge in [0.05, 0.1) is 13.7 Å². The molecule has 2 amide bonds. The van der Waals surface area contributed by atoms with E-state index in [-0.39, 0.29) is 25.3 Å². The van der Waals surface area contributed by atoms with Gasteiger partial charge in [-0.1, -0.05) is 12.1 Å². The van der Waals surface area contributed by atoms with Crippen molar-refractivity contribution in [2.24, 2.45) is 0 Å². The summed E-state index contributed by atoms with van der Waals surface area (Å²) in [5.41, 5.74) is 1.26. The third kappa shape index (κ3) is 4.66. The van der Waals surface area contributed by atoms with E-state index in [1.165, 1.54) is 37.4 Å². The second-order valence-corrected chi connectivity index (χ2v) is 5.08. The first-order valence-electron chi connectivity index (χ1n) is 7.25. The molecule has 7 heteroatoms. The van der Waals surface area contributed by atoms with Gasteiger partial charge in [0.1, 0.15) is 17.4 Å². The fraction of sp³-hybridized carbons (Fsp3) is 0.235. The van der Waals surface area contributed by atoms with Gasteiger partial charge >= 0.3 is 6.03 Å². The molecule has 5 nitrogen and oxygen atoms in total. The number of amides is 2. The Morgan fingerprint density at radius 2 is 1.83 bits per heavy atom. The first-order valence-corrected chi connectivity index (χ1v) is 7.25. The number of benzene rings is 2. The molecule has 0 radical (unpaired) electrons. The van der Waals surface area contributed by atoms with E-state index in [1.54, 1.807) is 6.07 Å². The first-order chi connectivity index (χ1) is 11.5. The Balaban J connectivity index is 1.88. The van der Waals surface area contributed by atoms with E-state index in [4.69, 9.17) is 9.84 Å². The standard InChI is InChI=1S/C17H18F2N2O3/c1-24-16-5-4-14(18)7-13(16)9-21-17(23)20-8-11-2-3-12(10-22)15(19)6-11/h2-7,22H,8-10H2,1H3,(H2,20,21,23). The van der Waals surface area contributed by atoms with Crippen LogP contribution in [0.2, 0.25) is 0 Å². The molecule has 2 aromatic carbocycles. The van der Waals surface area contributed by atoms with Crippen LogP contribution in [-0.4, -0.2) is 18.2 Å². The Bertz CT molecular complexity index is 723. The number of methoxy groups -OCH3 is 1. The highest BCUT2D eigenvalue weighted by atomic mass is 19.1. The van der Waals surface area contributed by atoms with E-state index in [1.807, 2.05) is 0 Å². The summed E-state index contributed by atoms with van der Waals surface area (Å²) >= 11 is 0. The van der Waals surface area contributed by atoms with Gasteiger partial charge in [-0.15, -0.1) is 0 Å². The highest BCUT2D eigenvalue weighted by molar-refractivity contribution is 5.73. The van der Waals surface area contributed by atoms with Crippen LogP contribution in [0.1, 0.15) is 16.7 Å². The number of ether oxygens (including phenoxy) is 1. The maximum Gasteiger partial charge on any atom is 0.315 e. The van der Waals surface area contributed by atoms with Crippen molar-refractivity contribution in [3.63, 3.8) is 0 Å². The maximum absolute atomic E-state index is 13.5. The minimum atomic E-state index is -0.526. The highest BCUT2D eigenvalue weighted by Crippen LogP contribution is 2.18. The monoisotopic (exact) mass is 336 g/mol. The zero-order valence-corrected chi connectivity index (χ0v) is 13.1. The summed E-state index contributed by atoms with van der Waals surface area (Å²) in [7, 11) is 1.46. The molecule has 0 spiro atoms. The molecule has 128 valence electrons. The number of aliphatic hydroxyl groups is 1. The first kappa shape index (κ1) is 17.7. The van der Waals surface area contributed by atoms with E-state index >= 15 is 0 Å². The molecule has 2 rings (SSSR count). The summed E-state index contributed by atoms with van der Waals surface area (Å²) in [4.78, 5) is 11.8. The molecule has 0 saturated heterocycles. The average molecular weight is 336 g/mol. The molecule has 2 aromatic rings. The summed E-state index contributed by atoms with van der Waals surface area (Å²) in [6.07, 6.45) is 0. The zero-order chi connectivity index (χ0) is 17.5. The zero-order valence-electron chi connectivity index (χ0n) is 13.1. The fourth-order valence-electron chi connectivity index (χ4n) is 2.13. The van der Waals surface area contributed by atoms with Crippen molar-refractivity contribution in [3.05, 3.63) is 64.7 Å². The fourth-order valence-corrected chi connectivity index (χ4v) is 2.13. The molecule has 0 unspecified atom stereocenters. The molecule has 0 atom stereocenters. The third-order valence-electron chi connectivity index (χ3n) is 3.42.